The van der Waals surface area contributed by atoms with Crippen molar-refractivity contribution in [2.24, 2.45) is 0 Å². The highest BCUT2D eigenvalue weighted by Gasteiger charge is 2.38. The summed E-state index contributed by atoms with van der Waals surface area (Å²) in [4.78, 5) is 27.0. The number of carbonyl (C=O) groups is 1. The molecule has 3 heterocycles. The Hall–Kier alpha value is -2.95. The smallest absolute Gasteiger partial charge is 0.481 e. The van der Waals surface area contributed by atoms with Crippen LogP contribution in [0.25, 0.3) is 11.3 Å². The van der Waals surface area contributed by atoms with Crippen molar-refractivity contribution in [1.82, 2.24) is 19.9 Å². The van der Waals surface area contributed by atoms with Gasteiger partial charge in [-0.15, -0.1) is 0 Å². The van der Waals surface area contributed by atoms with E-state index in [1.54, 1.807) is 13.3 Å². The van der Waals surface area contributed by atoms with Crippen molar-refractivity contribution >= 4 is 11.8 Å². The van der Waals surface area contributed by atoms with Crippen molar-refractivity contribution < 1.29 is 27.8 Å². The summed E-state index contributed by atoms with van der Waals surface area (Å²) in [6.07, 6.45) is 0.335. The molecule has 2 aromatic heterocycles. The average Bonchev–Trinajstić information content (AvgIpc) is 2.74. The SMILES string of the molecule is COc1ccc(-c2cnc(N3CCN(C(C)C)CC3)cn2)cn1.O=C(O)C(F)(F)F. The van der Waals surface area contributed by atoms with Crippen molar-refractivity contribution in [2.75, 3.05) is 38.2 Å². The molecular weight excluding hydrogens is 403 g/mol. The molecule has 1 saturated heterocycles. The number of ether oxygens (including phenoxy) is 1. The fourth-order valence-electron chi connectivity index (χ4n) is 2.75. The van der Waals surface area contributed by atoms with Gasteiger partial charge in [-0.1, -0.05) is 0 Å². The van der Waals surface area contributed by atoms with E-state index >= 15 is 0 Å². The van der Waals surface area contributed by atoms with Crippen LogP contribution in [0, 0.1) is 0 Å². The Morgan fingerprint density at radius 2 is 1.70 bits per heavy atom. The standard InChI is InChI=1S/C17H23N5O.C2HF3O2/c1-13(2)21-6-8-22(9-7-21)16-12-18-15(11-19-16)14-4-5-17(23-3)20-10-14;3-2(4,5)1(6)7/h4-5,10-13H,6-9H2,1-3H3;(H,6,7). The van der Waals surface area contributed by atoms with Gasteiger partial charge in [0.05, 0.1) is 25.2 Å². The molecule has 1 fully saturated rings. The normalized spacial score (nSPS) is 14.8. The third-order valence-electron chi connectivity index (χ3n) is 4.49. The van der Waals surface area contributed by atoms with Gasteiger partial charge in [0.15, 0.2) is 0 Å². The Morgan fingerprint density at radius 3 is 2.10 bits per heavy atom. The van der Waals surface area contributed by atoms with Crippen LogP contribution < -0.4 is 9.64 Å². The lowest BCUT2D eigenvalue weighted by Crippen LogP contribution is -2.49. The van der Waals surface area contributed by atoms with Crippen LogP contribution in [-0.4, -0.2) is 76.4 Å². The number of halogens is 3. The second kappa shape index (κ2) is 10.2. The molecule has 0 amide bonds. The van der Waals surface area contributed by atoms with Gasteiger partial charge in [0.1, 0.15) is 5.82 Å². The second-order valence-corrected chi connectivity index (χ2v) is 6.77. The molecule has 11 heteroatoms. The average molecular weight is 427 g/mol. The summed E-state index contributed by atoms with van der Waals surface area (Å²) in [6, 6.07) is 4.38. The van der Waals surface area contributed by atoms with Crippen molar-refractivity contribution in [3.8, 4) is 17.1 Å². The van der Waals surface area contributed by atoms with Crippen LogP contribution in [0.4, 0.5) is 19.0 Å². The number of methoxy groups -OCH3 is 1. The van der Waals surface area contributed by atoms with Crippen LogP contribution in [0.5, 0.6) is 5.88 Å². The summed E-state index contributed by atoms with van der Waals surface area (Å²) >= 11 is 0. The predicted molar refractivity (Wildman–Crippen MR) is 104 cm³/mol. The Bertz CT molecular complexity index is 806. The number of carboxylic acids is 1. The van der Waals surface area contributed by atoms with Gasteiger partial charge in [-0.3, -0.25) is 9.88 Å². The summed E-state index contributed by atoms with van der Waals surface area (Å²) in [6.45, 7) is 8.62. The van der Waals surface area contributed by atoms with Gasteiger partial charge in [-0.25, -0.2) is 14.8 Å². The van der Waals surface area contributed by atoms with Crippen molar-refractivity contribution in [3.05, 3.63) is 30.7 Å². The molecule has 0 atom stereocenters. The van der Waals surface area contributed by atoms with E-state index in [0.29, 0.717) is 11.9 Å². The number of nitrogens with zero attached hydrogens (tertiary/aromatic N) is 5. The van der Waals surface area contributed by atoms with Crippen LogP contribution in [-0.2, 0) is 4.79 Å². The Labute approximate surface area is 172 Å². The number of rotatable bonds is 4. The summed E-state index contributed by atoms with van der Waals surface area (Å²) in [5, 5.41) is 7.12. The van der Waals surface area contributed by atoms with E-state index in [0.717, 1.165) is 43.3 Å². The lowest BCUT2D eigenvalue weighted by molar-refractivity contribution is -0.192. The first-order valence-electron chi connectivity index (χ1n) is 9.23. The summed E-state index contributed by atoms with van der Waals surface area (Å²) in [5.41, 5.74) is 1.76. The quantitative estimate of drug-likeness (QED) is 0.797. The first-order valence-corrected chi connectivity index (χ1v) is 9.23. The molecule has 0 bridgehead atoms. The number of piperazine rings is 1. The van der Waals surface area contributed by atoms with Gasteiger partial charge >= 0.3 is 12.1 Å². The molecule has 0 aliphatic carbocycles. The molecule has 1 N–H and O–H groups in total. The Balaban J connectivity index is 0.000000396. The van der Waals surface area contributed by atoms with Gasteiger partial charge in [-0.2, -0.15) is 13.2 Å². The van der Waals surface area contributed by atoms with Crippen molar-refractivity contribution in [2.45, 2.75) is 26.1 Å². The maximum absolute atomic E-state index is 10.6. The predicted octanol–water partition coefficient (Wildman–Crippen LogP) is 2.71. The van der Waals surface area contributed by atoms with Gasteiger partial charge in [0.2, 0.25) is 5.88 Å². The van der Waals surface area contributed by atoms with E-state index in [1.165, 1.54) is 0 Å². The number of anilines is 1. The van der Waals surface area contributed by atoms with Crippen LogP contribution in [0.1, 0.15) is 13.8 Å². The zero-order valence-electron chi connectivity index (χ0n) is 16.9. The molecule has 3 rings (SSSR count). The molecular formula is C19H24F3N5O3. The van der Waals surface area contributed by atoms with E-state index in [4.69, 9.17) is 14.6 Å². The van der Waals surface area contributed by atoms with Crippen LogP contribution >= 0.6 is 0 Å². The minimum Gasteiger partial charge on any atom is -0.481 e. The number of hydrogen-bond acceptors (Lipinski definition) is 7. The number of aliphatic carboxylic acids is 1. The minimum atomic E-state index is -5.08. The van der Waals surface area contributed by atoms with E-state index in [9.17, 15) is 13.2 Å². The Morgan fingerprint density at radius 1 is 1.07 bits per heavy atom. The maximum Gasteiger partial charge on any atom is 0.490 e. The first-order chi connectivity index (χ1) is 14.1. The first kappa shape index (κ1) is 23.3. The highest BCUT2D eigenvalue weighted by Crippen LogP contribution is 2.20. The van der Waals surface area contributed by atoms with Gasteiger partial charge in [0, 0.05) is 50.0 Å². The molecule has 30 heavy (non-hydrogen) atoms. The fourth-order valence-corrected chi connectivity index (χ4v) is 2.75. The highest BCUT2D eigenvalue weighted by molar-refractivity contribution is 5.73. The van der Waals surface area contributed by atoms with E-state index in [2.05, 4.69) is 38.6 Å². The summed E-state index contributed by atoms with van der Waals surface area (Å²) in [5.74, 6) is -1.22. The third kappa shape index (κ3) is 6.55. The molecule has 0 saturated carbocycles. The molecule has 164 valence electrons. The highest BCUT2D eigenvalue weighted by atomic mass is 19.4. The molecule has 1 aliphatic rings. The number of aromatic nitrogens is 3. The van der Waals surface area contributed by atoms with Crippen LogP contribution in [0.2, 0.25) is 0 Å². The van der Waals surface area contributed by atoms with E-state index in [-0.39, 0.29) is 0 Å². The van der Waals surface area contributed by atoms with Crippen molar-refractivity contribution in [1.29, 1.82) is 0 Å². The second-order valence-electron chi connectivity index (χ2n) is 6.77. The molecule has 0 radical (unpaired) electrons. The van der Waals surface area contributed by atoms with E-state index < -0.39 is 12.1 Å². The molecule has 8 nitrogen and oxygen atoms in total. The summed E-state index contributed by atoms with van der Waals surface area (Å²) in [7, 11) is 1.61. The minimum absolute atomic E-state index is 0.598. The third-order valence-corrected chi connectivity index (χ3v) is 4.49. The molecule has 0 aromatic carbocycles. The largest absolute Gasteiger partial charge is 0.490 e. The number of alkyl halides is 3. The Kier molecular flexibility index (Phi) is 7.93. The van der Waals surface area contributed by atoms with Gasteiger partial charge < -0.3 is 14.7 Å². The van der Waals surface area contributed by atoms with E-state index in [1.807, 2.05) is 24.5 Å². The van der Waals surface area contributed by atoms with Crippen molar-refractivity contribution in [3.63, 3.8) is 0 Å². The molecule has 0 spiro atoms. The molecule has 1 aliphatic heterocycles. The van der Waals surface area contributed by atoms with Gasteiger partial charge in [-0.05, 0) is 19.9 Å². The zero-order valence-corrected chi connectivity index (χ0v) is 16.9. The van der Waals surface area contributed by atoms with Gasteiger partial charge in [0.25, 0.3) is 0 Å². The lowest BCUT2D eigenvalue weighted by atomic mass is 10.2. The maximum atomic E-state index is 10.6. The number of carboxylic acid groups (broad SMARTS) is 1. The zero-order chi connectivity index (χ0) is 22.3. The number of pyridine rings is 1. The number of hydrogen-bond donors (Lipinski definition) is 1. The topological polar surface area (TPSA) is 91.7 Å². The molecule has 0 unspecified atom stereocenters. The lowest BCUT2D eigenvalue weighted by Gasteiger charge is -2.37. The fraction of sp³-hybridized carbons (Fsp3) is 0.474. The summed E-state index contributed by atoms with van der Waals surface area (Å²) < 4.78 is 36.8. The van der Waals surface area contributed by atoms with Crippen LogP contribution in [0.3, 0.4) is 0 Å². The van der Waals surface area contributed by atoms with Crippen LogP contribution in [0.15, 0.2) is 30.7 Å². The molecule has 2 aromatic rings. The monoisotopic (exact) mass is 427 g/mol.